The Morgan fingerprint density at radius 3 is 2.33 bits per heavy atom. The number of nitrogens with zero attached hydrogens (tertiary/aromatic N) is 1. The van der Waals surface area contributed by atoms with Crippen molar-refractivity contribution in [2.75, 3.05) is 26.2 Å². The molecule has 5 heteroatoms. The van der Waals surface area contributed by atoms with Gasteiger partial charge in [-0.05, 0) is 49.2 Å². The number of halogens is 1. The second-order valence-electron chi connectivity index (χ2n) is 5.58. The topological polar surface area (TPSA) is 52.9 Å². The van der Waals surface area contributed by atoms with E-state index in [9.17, 15) is 10.2 Å². The van der Waals surface area contributed by atoms with Crippen molar-refractivity contribution in [3.63, 3.8) is 0 Å². The Morgan fingerprint density at radius 1 is 0.917 bits per heavy atom. The molecule has 0 bridgehead atoms. The third-order valence-corrected chi connectivity index (χ3v) is 3.72. The number of rotatable bonds is 9. The third kappa shape index (κ3) is 6.69. The lowest BCUT2D eigenvalue weighted by Gasteiger charge is -2.22. The van der Waals surface area contributed by atoms with Gasteiger partial charge >= 0.3 is 0 Å². The van der Waals surface area contributed by atoms with E-state index < -0.39 is 0 Å². The Hall–Kier alpha value is -1.91. The Labute approximate surface area is 150 Å². The molecule has 0 aliphatic carbocycles. The van der Waals surface area contributed by atoms with E-state index in [1.54, 1.807) is 6.07 Å². The minimum Gasteiger partial charge on any atom is -0.504 e. The lowest BCUT2D eigenvalue weighted by Crippen LogP contribution is -2.31. The van der Waals surface area contributed by atoms with Gasteiger partial charge in [-0.15, -0.1) is 12.4 Å². The molecule has 0 unspecified atom stereocenters. The maximum Gasteiger partial charge on any atom is 0.157 e. The molecule has 2 rings (SSSR count). The van der Waals surface area contributed by atoms with E-state index in [4.69, 9.17) is 4.74 Å². The van der Waals surface area contributed by atoms with E-state index in [1.165, 1.54) is 6.07 Å². The molecule has 0 aliphatic heterocycles. The Kier molecular flexibility index (Phi) is 9.05. The molecule has 2 aromatic carbocycles. The Morgan fingerprint density at radius 2 is 1.67 bits per heavy atom. The average molecular weight is 352 g/mol. The van der Waals surface area contributed by atoms with E-state index in [2.05, 4.69) is 11.8 Å². The van der Waals surface area contributed by atoms with E-state index >= 15 is 0 Å². The number of ether oxygens (including phenoxy) is 1. The average Bonchev–Trinajstić information content (AvgIpc) is 2.56. The van der Waals surface area contributed by atoms with Crippen LogP contribution in [0.2, 0.25) is 0 Å². The molecule has 132 valence electrons. The van der Waals surface area contributed by atoms with Crippen LogP contribution in [0.4, 0.5) is 0 Å². The van der Waals surface area contributed by atoms with E-state index in [1.807, 2.05) is 36.4 Å². The molecule has 2 aromatic rings. The summed E-state index contributed by atoms with van der Waals surface area (Å²) in [6, 6.07) is 14.8. The standard InChI is InChI=1S/C19H25NO3.ClH/c1-2-11-20(13-14-23-17-6-4-3-5-7-17)12-10-16-8-9-18(21)19(22)15-16;/h3-9,15,21-22H,2,10-14H2,1H3;1H. The van der Waals surface area contributed by atoms with Crippen molar-refractivity contribution in [3.8, 4) is 17.2 Å². The highest BCUT2D eigenvalue weighted by molar-refractivity contribution is 5.85. The van der Waals surface area contributed by atoms with Crippen LogP contribution in [0.25, 0.3) is 0 Å². The van der Waals surface area contributed by atoms with Gasteiger partial charge in [-0.2, -0.15) is 0 Å². The number of phenolic OH excluding ortho intramolecular Hbond substituents is 2. The molecule has 0 saturated carbocycles. The fourth-order valence-corrected chi connectivity index (χ4v) is 2.47. The van der Waals surface area contributed by atoms with Crippen LogP contribution in [0, 0.1) is 0 Å². The molecular formula is C19H26ClNO3. The molecule has 0 saturated heterocycles. The summed E-state index contributed by atoms with van der Waals surface area (Å²) < 4.78 is 5.75. The summed E-state index contributed by atoms with van der Waals surface area (Å²) in [5, 5.41) is 18.9. The number of phenols is 2. The zero-order valence-electron chi connectivity index (χ0n) is 14.0. The minimum absolute atomic E-state index is 0. The van der Waals surface area contributed by atoms with Gasteiger partial charge in [-0.25, -0.2) is 0 Å². The lowest BCUT2D eigenvalue weighted by molar-refractivity contribution is 0.210. The summed E-state index contributed by atoms with van der Waals surface area (Å²) in [6.07, 6.45) is 1.92. The largest absolute Gasteiger partial charge is 0.504 e. The van der Waals surface area contributed by atoms with Crippen LogP contribution in [0.1, 0.15) is 18.9 Å². The van der Waals surface area contributed by atoms with Crippen molar-refractivity contribution < 1.29 is 14.9 Å². The van der Waals surface area contributed by atoms with E-state index in [-0.39, 0.29) is 23.9 Å². The number of hydrogen-bond donors (Lipinski definition) is 2. The fourth-order valence-electron chi connectivity index (χ4n) is 2.47. The monoisotopic (exact) mass is 351 g/mol. The van der Waals surface area contributed by atoms with Crippen molar-refractivity contribution in [2.45, 2.75) is 19.8 Å². The molecule has 4 nitrogen and oxygen atoms in total. The maximum atomic E-state index is 9.55. The van der Waals surface area contributed by atoms with Gasteiger partial charge in [0, 0.05) is 13.1 Å². The molecule has 0 aromatic heterocycles. The van der Waals surface area contributed by atoms with Crippen LogP contribution < -0.4 is 4.74 Å². The highest BCUT2D eigenvalue weighted by Gasteiger charge is 2.06. The highest BCUT2D eigenvalue weighted by Crippen LogP contribution is 2.25. The molecule has 2 N–H and O–H groups in total. The van der Waals surface area contributed by atoms with Crippen LogP contribution in [0.15, 0.2) is 48.5 Å². The molecule has 0 fully saturated rings. The molecular weight excluding hydrogens is 326 g/mol. The summed E-state index contributed by atoms with van der Waals surface area (Å²) in [4.78, 5) is 2.35. The summed E-state index contributed by atoms with van der Waals surface area (Å²) in [5.41, 5.74) is 1.02. The third-order valence-electron chi connectivity index (χ3n) is 3.72. The molecule has 0 spiro atoms. The summed E-state index contributed by atoms with van der Waals surface area (Å²) in [5.74, 6) is 0.764. The van der Waals surface area contributed by atoms with Gasteiger partial charge in [0.15, 0.2) is 11.5 Å². The maximum absolute atomic E-state index is 9.55. The molecule has 0 atom stereocenters. The van der Waals surface area contributed by atoms with Crippen LogP contribution in [-0.2, 0) is 6.42 Å². The molecule has 0 radical (unpaired) electrons. The number of benzene rings is 2. The Balaban J connectivity index is 0.00000288. The highest BCUT2D eigenvalue weighted by atomic mass is 35.5. The smallest absolute Gasteiger partial charge is 0.157 e. The first-order valence-corrected chi connectivity index (χ1v) is 8.10. The van der Waals surface area contributed by atoms with Crippen molar-refractivity contribution in [3.05, 3.63) is 54.1 Å². The summed E-state index contributed by atoms with van der Waals surface area (Å²) in [6.45, 7) is 5.60. The van der Waals surface area contributed by atoms with Gasteiger partial charge < -0.3 is 14.9 Å². The molecule has 0 aliphatic rings. The normalized spacial score (nSPS) is 10.4. The number of aromatic hydroxyl groups is 2. The second kappa shape index (κ2) is 10.8. The summed E-state index contributed by atoms with van der Waals surface area (Å²) >= 11 is 0. The SMILES string of the molecule is CCCN(CCOc1ccccc1)CCc1ccc(O)c(O)c1.Cl. The van der Waals surface area contributed by atoms with Crippen LogP contribution in [0.5, 0.6) is 17.2 Å². The zero-order valence-corrected chi connectivity index (χ0v) is 14.8. The molecule has 0 heterocycles. The fraction of sp³-hybridized carbons (Fsp3) is 0.368. The minimum atomic E-state index is -0.0737. The van der Waals surface area contributed by atoms with Crippen molar-refractivity contribution in [1.29, 1.82) is 0 Å². The molecule has 0 amide bonds. The van der Waals surface area contributed by atoms with Crippen molar-refractivity contribution >= 4 is 12.4 Å². The molecule has 24 heavy (non-hydrogen) atoms. The predicted octanol–water partition coefficient (Wildman–Crippen LogP) is 3.85. The first-order valence-electron chi connectivity index (χ1n) is 8.10. The second-order valence-corrected chi connectivity index (χ2v) is 5.58. The van der Waals surface area contributed by atoms with Gasteiger partial charge in [0.1, 0.15) is 12.4 Å². The zero-order chi connectivity index (χ0) is 16.5. The van der Waals surface area contributed by atoms with Gasteiger partial charge in [0.05, 0.1) is 0 Å². The predicted molar refractivity (Wildman–Crippen MR) is 99.4 cm³/mol. The van der Waals surface area contributed by atoms with Crippen LogP contribution in [0.3, 0.4) is 0 Å². The van der Waals surface area contributed by atoms with Gasteiger partial charge in [-0.1, -0.05) is 31.2 Å². The van der Waals surface area contributed by atoms with E-state index in [0.29, 0.717) is 6.61 Å². The Bertz CT molecular complexity index is 592. The van der Waals surface area contributed by atoms with Gasteiger partial charge in [0.2, 0.25) is 0 Å². The number of para-hydroxylation sites is 1. The number of hydrogen-bond acceptors (Lipinski definition) is 4. The van der Waals surface area contributed by atoms with Gasteiger partial charge in [-0.3, -0.25) is 4.90 Å². The first kappa shape index (κ1) is 20.1. The van der Waals surface area contributed by atoms with Crippen molar-refractivity contribution in [2.24, 2.45) is 0 Å². The van der Waals surface area contributed by atoms with Crippen molar-refractivity contribution in [1.82, 2.24) is 4.90 Å². The van der Waals surface area contributed by atoms with Gasteiger partial charge in [0.25, 0.3) is 0 Å². The quantitative estimate of drug-likeness (QED) is 0.674. The lowest BCUT2D eigenvalue weighted by atomic mass is 10.1. The first-order chi connectivity index (χ1) is 11.2. The summed E-state index contributed by atoms with van der Waals surface area (Å²) in [7, 11) is 0. The van der Waals surface area contributed by atoms with Crippen LogP contribution >= 0.6 is 12.4 Å². The van der Waals surface area contributed by atoms with E-state index in [0.717, 1.165) is 43.8 Å². The van der Waals surface area contributed by atoms with Crippen LogP contribution in [-0.4, -0.2) is 41.4 Å².